The van der Waals surface area contributed by atoms with E-state index in [1.165, 1.54) is 0 Å². The lowest BCUT2D eigenvalue weighted by atomic mass is 10.0. The molecule has 7 heteroatoms. The number of hydrogen-bond donors (Lipinski definition) is 2. The van der Waals surface area contributed by atoms with E-state index >= 15 is 0 Å². The highest BCUT2D eigenvalue weighted by Gasteiger charge is 2.30. The van der Waals surface area contributed by atoms with Gasteiger partial charge in [-0.1, -0.05) is 41.7 Å². The molecule has 3 aromatic carbocycles. The second-order valence-corrected chi connectivity index (χ2v) is 9.92. The normalized spacial score (nSPS) is 15.4. The number of carbonyl (C=O) groups is 1. The first-order valence-corrected chi connectivity index (χ1v) is 12.9. The SMILES string of the molecule is O=C(O)CC1CCCN1c1nc(-c2ccc(Oc3ccccc3)cc2)c(-c2cccc3[nH]ccc23)s1. The average molecular weight is 496 g/mol. The molecule has 0 amide bonds. The van der Waals surface area contributed by atoms with Crippen LogP contribution in [0.15, 0.2) is 85.1 Å². The molecule has 0 spiro atoms. The van der Waals surface area contributed by atoms with Crippen molar-refractivity contribution < 1.29 is 14.6 Å². The van der Waals surface area contributed by atoms with Gasteiger partial charge in [-0.25, -0.2) is 4.98 Å². The Balaban J connectivity index is 1.41. The number of benzene rings is 3. The van der Waals surface area contributed by atoms with Crippen LogP contribution < -0.4 is 9.64 Å². The molecule has 1 saturated heterocycles. The highest BCUT2D eigenvalue weighted by atomic mass is 32.1. The van der Waals surface area contributed by atoms with E-state index in [1.807, 2.05) is 60.8 Å². The number of aromatic amines is 1. The fourth-order valence-electron chi connectivity index (χ4n) is 4.90. The molecule has 1 fully saturated rings. The largest absolute Gasteiger partial charge is 0.481 e. The third kappa shape index (κ3) is 4.33. The number of nitrogens with one attached hydrogen (secondary N) is 1. The maximum atomic E-state index is 11.5. The van der Waals surface area contributed by atoms with Crippen LogP contribution in [0.3, 0.4) is 0 Å². The molecule has 0 saturated carbocycles. The molecule has 1 unspecified atom stereocenters. The highest BCUT2D eigenvalue weighted by Crippen LogP contribution is 2.44. The van der Waals surface area contributed by atoms with Crippen molar-refractivity contribution in [2.75, 3.05) is 11.4 Å². The molecule has 3 heterocycles. The summed E-state index contributed by atoms with van der Waals surface area (Å²) in [6.45, 7) is 0.822. The molecular formula is C29H25N3O3S. The first-order chi connectivity index (χ1) is 17.7. The lowest BCUT2D eigenvalue weighted by Gasteiger charge is -2.22. The zero-order valence-electron chi connectivity index (χ0n) is 19.6. The van der Waals surface area contributed by atoms with Gasteiger partial charge in [0.2, 0.25) is 0 Å². The Labute approximate surface area is 212 Å². The molecule has 2 aromatic heterocycles. The molecule has 180 valence electrons. The first kappa shape index (κ1) is 22.4. The Morgan fingerprint density at radius 2 is 1.83 bits per heavy atom. The van der Waals surface area contributed by atoms with Crippen molar-refractivity contribution in [1.82, 2.24) is 9.97 Å². The lowest BCUT2D eigenvalue weighted by molar-refractivity contribution is -0.137. The van der Waals surface area contributed by atoms with Gasteiger partial charge in [0.1, 0.15) is 11.5 Å². The van der Waals surface area contributed by atoms with Crippen LogP contribution in [0.1, 0.15) is 19.3 Å². The zero-order chi connectivity index (χ0) is 24.5. The Hall–Kier alpha value is -4.10. The summed E-state index contributed by atoms with van der Waals surface area (Å²) in [5.74, 6) is 0.783. The number of para-hydroxylation sites is 1. The summed E-state index contributed by atoms with van der Waals surface area (Å²) in [5, 5.41) is 11.4. The van der Waals surface area contributed by atoms with E-state index in [0.29, 0.717) is 0 Å². The number of anilines is 1. The molecule has 0 aliphatic carbocycles. The van der Waals surface area contributed by atoms with Crippen LogP contribution in [-0.2, 0) is 4.79 Å². The van der Waals surface area contributed by atoms with Crippen LogP contribution in [-0.4, -0.2) is 33.6 Å². The number of fused-ring (bicyclic) bond motifs is 1. The molecule has 2 N–H and O–H groups in total. The summed E-state index contributed by atoms with van der Waals surface area (Å²) in [4.78, 5) is 23.1. The number of rotatable bonds is 7. The molecular weight excluding hydrogens is 470 g/mol. The number of nitrogens with zero attached hydrogens (tertiary/aromatic N) is 2. The van der Waals surface area contributed by atoms with Gasteiger partial charge in [0, 0.05) is 40.8 Å². The van der Waals surface area contributed by atoms with Crippen molar-refractivity contribution in [3.05, 3.63) is 85.1 Å². The topological polar surface area (TPSA) is 78.4 Å². The number of hydrogen-bond acceptors (Lipinski definition) is 5. The summed E-state index contributed by atoms with van der Waals surface area (Å²) in [6.07, 6.45) is 3.93. The van der Waals surface area contributed by atoms with Crippen molar-refractivity contribution in [3.8, 4) is 33.2 Å². The molecule has 1 aliphatic heterocycles. The van der Waals surface area contributed by atoms with Crippen LogP contribution in [0.4, 0.5) is 5.13 Å². The number of aromatic nitrogens is 2. The van der Waals surface area contributed by atoms with Crippen molar-refractivity contribution >= 4 is 33.3 Å². The van der Waals surface area contributed by atoms with E-state index in [1.54, 1.807) is 11.3 Å². The lowest BCUT2D eigenvalue weighted by Crippen LogP contribution is -2.31. The van der Waals surface area contributed by atoms with E-state index in [4.69, 9.17) is 9.72 Å². The van der Waals surface area contributed by atoms with Gasteiger partial charge in [-0.05, 0) is 61.4 Å². The molecule has 36 heavy (non-hydrogen) atoms. The summed E-state index contributed by atoms with van der Waals surface area (Å²) < 4.78 is 5.98. The fourth-order valence-corrected chi connectivity index (χ4v) is 6.13. The zero-order valence-corrected chi connectivity index (χ0v) is 20.4. The van der Waals surface area contributed by atoms with Gasteiger partial charge in [-0.3, -0.25) is 4.79 Å². The molecule has 1 aliphatic rings. The second kappa shape index (κ2) is 9.51. The van der Waals surface area contributed by atoms with Gasteiger partial charge in [0.05, 0.1) is 17.0 Å². The molecule has 0 bridgehead atoms. The maximum absolute atomic E-state index is 11.5. The van der Waals surface area contributed by atoms with Crippen molar-refractivity contribution in [1.29, 1.82) is 0 Å². The van der Waals surface area contributed by atoms with Crippen LogP contribution in [0.5, 0.6) is 11.5 Å². The summed E-state index contributed by atoms with van der Waals surface area (Å²) in [5.41, 5.74) is 4.08. The van der Waals surface area contributed by atoms with Crippen LogP contribution in [0, 0.1) is 0 Å². The predicted octanol–water partition coefficient (Wildman–Crippen LogP) is 7.19. The quantitative estimate of drug-likeness (QED) is 0.250. The van der Waals surface area contributed by atoms with Crippen LogP contribution in [0.2, 0.25) is 0 Å². The summed E-state index contributed by atoms with van der Waals surface area (Å²) in [6, 6.07) is 26.0. The fraction of sp³-hybridized carbons (Fsp3) is 0.172. The smallest absolute Gasteiger partial charge is 0.305 e. The van der Waals surface area contributed by atoms with Gasteiger partial charge in [-0.15, -0.1) is 0 Å². The third-order valence-corrected chi connectivity index (χ3v) is 7.72. The standard InChI is InChI=1S/C29H25N3O3S/c33-26(34)18-20-6-5-17-32(20)29-31-27(28(36-29)24-9-4-10-25-23(24)15-16-30-25)19-11-13-22(14-12-19)35-21-7-2-1-3-8-21/h1-4,7-16,20,30H,5-6,17-18H2,(H,33,34). The van der Waals surface area contributed by atoms with Gasteiger partial charge < -0.3 is 19.7 Å². The molecule has 6 nitrogen and oxygen atoms in total. The Bertz CT molecular complexity index is 1510. The number of thiazole rings is 1. The summed E-state index contributed by atoms with van der Waals surface area (Å²) >= 11 is 1.64. The van der Waals surface area contributed by atoms with Crippen LogP contribution in [0.25, 0.3) is 32.6 Å². The highest BCUT2D eigenvalue weighted by molar-refractivity contribution is 7.19. The van der Waals surface area contributed by atoms with Crippen molar-refractivity contribution in [3.63, 3.8) is 0 Å². The van der Waals surface area contributed by atoms with E-state index in [2.05, 4.69) is 34.1 Å². The Morgan fingerprint density at radius 3 is 2.64 bits per heavy atom. The third-order valence-electron chi connectivity index (χ3n) is 6.60. The Morgan fingerprint density at radius 1 is 1.03 bits per heavy atom. The number of ether oxygens (including phenoxy) is 1. The molecule has 0 radical (unpaired) electrons. The van der Waals surface area contributed by atoms with Crippen LogP contribution >= 0.6 is 11.3 Å². The number of aliphatic carboxylic acids is 1. The van der Waals surface area contributed by atoms with E-state index < -0.39 is 5.97 Å². The van der Waals surface area contributed by atoms with E-state index in [-0.39, 0.29) is 12.5 Å². The van der Waals surface area contributed by atoms with Gasteiger partial charge in [0.15, 0.2) is 5.13 Å². The minimum absolute atomic E-state index is 0.0287. The molecule has 6 rings (SSSR count). The van der Waals surface area contributed by atoms with Gasteiger partial charge >= 0.3 is 5.97 Å². The monoisotopic (exact) mass is 495 g/mol. The van der Waals surface area contributed by atoms with Crippen molar-refractivity contribution in [2.45, 2.75) is 25.3 Å². The second-order valence-electron chi connectivity index (χ2n) is 8.95. The van der Waals surface area contributed by atoms with E-state index in [9.17, 15) is 9.90 Å². The number of H-pyrrole nitrogens is 1. The number of carboxylic acid groups (broad SMARTS) is 1. The Kier molecular flexibility index (Phi) is 5.91. The average Bonchev–Trinajstić information content (AvgIpc) is 3.64. The van der Waals surface area contributed by atoms with Crippen molar-refractivity contribution in [2.24, 2.45) is 0 Å². The maximum Gasteiger partial charge on any atom is 0.305 e. The van der Waals surface area contributed by atoms with Gasteiger partial charge in [-0.2, -0.15) is 0 Å². The minimum atomic E-state index is -0.769. The molecule has 5 aromatic rings. The predicted molar refractivity (Wildman–Crippen MR) is 144 cm³/mol. The first-order valence-electron chi connectivity index (χ1n) is 12.0. The summed E-state index contributed by atoms with van der Waals surface area (Å²) in [7, 11) is 0. The van der Waals surface area contributed by atoms with E-state index in [0.717, 1.165) is 68.6 Å². The minimum Gasteiger partial charge on any atom is -0.481 e. The van der Waals surface area contributed by atoms with Gasteiger partial charge in [0.25, 0.3) is 0 Å². The molecule has 1 atom stereocenters. The number of carboxylic acids is 1.